The van der Waals surface area contributed by atoms with E-state index >= 15 is 0 Å². The molecule has 0 aliphatic carbocycles. The van der Waals surface area contributed by atoms with Crippen molar-refractivity contribution >= 4 is 17.7 Å². The predicted octanol–water partition coefficient (Wildman–Crippen LogP) is 4.33. The van der Waals surface area contributed by atoms with Gasteiger partial charge in [-0.05, 0) is 32.3 Å². The summed E-state index contributed by atoms with van der Waals surface area (Å²) in [6.45, 7) is 9.97. The number of likely N-dealkylation sites (N-methyl/N-ethyl adjacent to an activating group) is 1. The minimum atomic E-state index is -1.06. The van der Waals surface area contributed by atoms with E-state index in [9.17, 15) is 29.7 Å². The van der Waals surface area contributed by atoms with Gasteiger partial charge in [0.15, 0.2) is 12.1 Å². The zero-order valence-electron chi connectivity index (χ0n) is 26.4. The maximum atomic E-state index is 12.5. The van der Waals surface area contributed by atoms with Crippen LogP contribution in [0.5, 0.6) is 0 Å². The molecule has 0 saturated carbocycles. The number of aliphatic hydroxyl groups excluding tert-OH is 3. The summed E-state index contributed by atoms with van der Waals surface area (Å²) in [6, 6.07) is -0.894. The van der Waals surface area contributed by atoms with Gasteiger partial charge in [-0.2, -0.15) is 0 Å². The number of hydrogen-bond donors (Lipinski definition) is 4. The molecule has 1 amide bonds. The number of amides is 1. The fraction of sp³-hybridized carbons (Fsp3) is 0.500. The summed E-state index contributed by atoms with van der Waals surface area (Å²) < 4.78 is 12.0. The molecule has 10 nitrogen and oxygen atoms in total. The molecule has 2 aliphatic rings. The summed E-state index contributed by atoms with van der Waals surface area (Å²) in [4.78, 5) is 36.9. The lowest BCUT2D eigenvalue weighted by Crippen LogP contribution is -2.49. The van der Waals surface area contributed by atoms with Gasteiger partial charge in [0.1, 0.15) is 17.4 Å². The second-order valence-corrected chi connectivity index (χ2v) is 11.5. The minimum absolute atomic E-state index is 0.0119. The Kier molecular flexibility index (Phi) is 14.7. The molecule has 0 bridgehead atoms. The summed E-state index contributed by atoms with van der Waals surface area (Å²) in [5, 5.41) is 39.1. The largest absolute Gasteiger partial charge is 0.507 e. The second kappa shape index (κ2) is 17.7. The van der Waals surface area contributed by atoms with E-state index in [0.29, 0.717) is 0 Å². The van der Waals surface area contributed by atoms with Crippen LogP contribution in [0.2, 0.25) is 0 Å². The lowest BCUT2D eigenvalue weighted by Gasteiger charge is -2.38. The number of carbonyl (C=O) groups excluding carboxylic acids is 2. The van der Waals surface area contributed by atoms with Gasteiger partial charge in [-0.25, -0.2) is 0 Å². The summed E-state index contributed by atoms with van der Waals surface area (Å²) in [6.07, 6.45) is 16.4. The Hall–Kier alpha value is -3.57. The molecule has 2 heterocycles. The number of aliphatic hydroxyl groups is 3. The standard InChI is InChI=1S/C34H47NO9/c1-21(2)33(44-29-20-27(37)31(40)24(5)43-29)23(4)19-22(3)15-13-11-9-7-8-10-12-14-16-26(36)30-32(41)25(17-18-28(38)39)35(6)34(30)42/h7-16,19,21,23-25,27,29,31,33,36-37,40H,17-18,20H2,1-6H3,(H,38,39)/b8-7+,11-9+,12-10+,15-13+,16-14+,22-19+,30-26+/t23?,24-,25?,27+,29-,31-,33?/m1/s1. The fourth-order valence-corrected chi connectivity index (χ4v) is 5.15. The number of Topliss-reactive ketones (excluding diaryl/α,β-unsaturated/α-hetero) is 1. The van der Waals surface area contributed by atoms with Gasteiger partial charge < -0.3 is 34.8 Å². The van der Waals surface area contributed by atoms with Crippen LogP contribution in [0.3, 0.4) is 0 Å². The average molecular weight is 614 g/mol. The van der Waals surface area contributed by atoms with Crippen LogP contribution in [0.25, 0.3) is 0 Å². The van der Waals surface area contributed by atoms with Crippen LogP contribution in [-0.4, -0.2) is 86.8 Å². The van der Waals surface area contributed by atoms with Crippen LogP contribution in [0, 0.1) is 11.8 Å². The summed E-state index contributed by atoms with van der Waals surface area (Å²) in [5.74, 6) is -2.43. The van der Waals surface area contributed by atoms with E-state index in [2.05, 4.69) is 26.8 Å². The van der Waals surface area contributed by atoms with Crippen molar-refractivity contribution in [2.45, 2.75) is 90.6 Å². The first-order valence-electron chi connectivity index (χ1n) is 14.9. The first-order valence-corrected chi connectivity index (χ1v) is 14.9. The maximum absolute atomic E-state index is 12.5. The molecule has 0 aromatic rings. The van der Waals surface area contributed by atoms with E-state index in [-0.39, 0.29) is 42.8 Å². The number of ketones is 1. The second-order valence-electron chi connectivity index (χ2n) is 11.5. The molecule has 2 fully saturated rings. The quantitative estimate of drug-likeness (QED) is 0.0970. The molecule has 0 aromatic heterocycles. The summed E-state index contributed by atoms with van der Waals surface area (Å²) in [5.41, 5.74) is 0.726. The lowest BCUT2D eigenvalue weighted by molar-refractivity contribution is -0.267. The van der Waals surface area contributed by atoms with Crippen molar-refractivity contribution in [1.82, 2.24) is 4.90 Å². The van der Waals surface area contributed by atoms with E-state index in [1.54, 1.807) is 25.2 Å². The molecular formula is C34H47NO9. The Morgan fingerprint density at radius 2 is 1.57 bits per heavy atom. The zero-order valence-corrected chi connectivity index (χ0v) is 26.4. The third-order valence-corrected chi connectivity index (χ3v) is 7.52. The number of carboxylic acids is 1. The van der Waals surface area contributed by atoms with Crippen molar-refractivity contribution in [2.75, 3.05) is 7.05 Å². The monoisotopic (exact) mass is 613 g/mol. The molecule has 2 rings (SSSR count). The first-order chi connectivity index (χ1) is 20.7. The number of likely N-dealkylation sites (tertiary alicyclic amines) is 1. The highest BCUT2D eigenvalue weighted by molar-refractivity contribution is 6.27. The van der Waals surface area contributed by atoms with Crippen molar-refractivity contribution in [1.29, 1.82) is 0 Å². The molecule has 2 saturated heterocycles. The van der Waals surface area contributed by atoms with Gasteiger partial charge >= 0.3 is 5.97 Å². The van der Waals surface area contributed by atoms with Gasteiger partial charge in [-0.15, -0.1) is 0 Å². The normalized spacial score (nSPS) is 28.2. The van der Waals surface area contributed by atoms with E-state index < -0.39 is 54.1 Å². The number of nitrogens with zero attached hydrogens (tertiary/aromatic N) is 1. The third kappa shape index (κ3) is 10.9. The Labute approximate surface area is 260 Å². The Bertz CT molecular complexity index is 1210. The maximum Gasteiger partial charge on any atom is 0.303 e. The van der Waals surface area contributed by atoms with E-state index in [1.165, 1.54) is 19.2 Å². The highest BCUT2D eigenvalue weighted by Gasteiger charge is 2.42. The molecule has 2 aliphatic heterocycles. The van der Waals surface area contributed by atoms with E-state index in [0.717, 1.165) is 10.5 Å². The highest BCUT2D eigenvalue weighted by Crippen LogP contribution is 2.28. The summed E-state index contributed by atoms with van der Waals surface area (Å²) in [7, 11) is 1.41. The van der Waals surface area contributed by atoms with E-state index in [4.69, 9.17) is 14.6 Å². The van der Waals surface area contributed by atoms with Crippen molar-refractivity contribution in [2.24, 2.45) is 11.8 Å². The molecule has 3 unspecified atom stereocenters. The Morgan fingerprint density at radius 3 is 2.11 bits per heavy atom. The number of ether oxygens (including phenoxy) is 2. The zero-order chi connectivity index (χ0) is 33.0. The molecular weight excluding hydrogens is 566 g/mol. The first kappa shape index (κ1) is 36.6. The van der Waals surface area contributed by atoms with Crippen LogP contribution in [-0.2, 0) is 23.9 Å². The number of allylic oxidation sites excluding steroid dienone is 11. The Morgan fingerprint density at radius 1 is 1.00 bits per heavy atom. The number of rotatable bonds is 14. The van der Waals surface area contributed by atoms with Crippen molar-refractivity contribution < 1.29 is 44.3 Å². The minimum Gasteiger partial charge on any atom is -0.507 e. The van der Waals surface area contributed by atoms with Gasteiger partial charge in [0.25, 0.3) is 5.91 Å². The SMILES string of the molecule is CC(/C=C/C=C/C=C/C=C/C=C/C(O)=C1/C(=O)C(CCC(=O)O)N(C)C1=O)=C\C(C)C(O[C@@H]1C[C@H](O)[C@H](O)[C@@H](C)O1)C(C)C. The summed E-state index contributed by atoms with van der Waals surface area (Å²) >= 11 is 0. The highest BCUT2D eigenvalue weighted by atomic mass is 16.7. The predicted molar refractivity (Wildman–Crippen MR) is 167 cm³/mol. The number of carbonyl (C=O) groups is 3. The van der Waals surface area contributed by atoms with Crippen LogP contribution >= 0.6 is 0 Å². The lowest BCUT2D eigenvalue weighted by atomic mass is 9.92. The molecule has 44 heavy (non-hydrogen) atoms. The van der Waals surface area contributed by atoms with E-state index in [1.807, 2.05) is 37.3 Å². The van der Waals surface area contributed by atoms with Crippen LogP contribution in [0.1, 0.15) is 53.9 Å². The number of carboxylic acid groups (broad SMARTS) is 1. The smallest absolute Gasteiger partial charge is 0.303 e. The van der Waals surface area contributed by atoms with Gasteiger partial charge in [0.05, 0.1) is 24.4 Å². The molecule has 0 radical (unpaired) electrons. The van der Waals surface area contributed by atoms with Gasteiger partial charge in [0, 0.05) is 25.8 Å². The topological polar surface area (TPSA) is 154 Å². The fourth-order valence-electron chi connectivity index (χ4n) is 5.15. The van der Waals surface area contributed by atoms with Crippen LogP contribution in [0.15, 0.2) is 83.7 Å². The molecule has 10 heteroatoms. The van der Waals surface area contributed by atoms with Crippen LogP contribution < -0.4 is 0 Å². The van der Waals surface area contributed by atoms with Crippen molar-refractivity contribution in [3.8, 4) is 0 Å². The Balaban J connectivity index is 1.87. The molecule has 0 spiro atoms. The van der Waals surface area contributed by atoms with Crippen molar-refractivity contribution in [3.05, 3.63) is 83.7 Å². The number of aliphatic carboxylic acids is 1. The van der Waals surface area contributed by atoms with Gasteiger partial charge in [0.2, 0.25) is 0 Å². The average Bonchev–Trinajstić information content (AvgIpc) is 3.16. The van der Waals surface area contributed by atoms with Crippen molar-refractivity contribution in [3.63, 3.8) is 0 Å². The van der Waals surface area contributed by atoms with Gasteiger partial charge in [-0.1, -0.05) is 87.1 Å². The number of hydrogen-bond acceptors (Lipinski definition) is 8. The molecule has 242 valence electrons. The third-order valence-electron chi connectivity index (χ3n) is 7.52. The molecule has 7 atom stereocenters. The molecule has 4 N–H and O–H groups in total. The van der Waals surface area contributed by atoms with Crippen LogP contribution in [0.4, 0.5) is 0 Å². The van der Waals surface area contributed by atoms with Gasteiger partial charge in [-0.3, -0.25) is 14.4 Å². The molecule has 0 aromatic carbocycles.